The van der Waals surface area contributed by atoms with Gasteiger partial charge >= 0.3 is 0 Å². The van der Waals surface area contributed by atoms with Gasteiger partial charge in [-0.15, -0.1) is 0 Å². The number of carbonyl (C=O) groups excluding carboxylic acids is 1. The summed E-state index contributed by atoms with van der Waals surface area (Å²) in [5.74, 6) is 0.164. The maximum absolute atomic E-state index is 12.9. The van der Waals surface area contributed by atoms with Crippen LogP contribution in [-0.4, -0.2) is 51.1 Å². The van der Waals surface area contributed by atoms with E-state index in [1.807, 2.05) is 18.2 Å². The van der Waals surface area contributed by atoms with Gasteiger partial charge in [0.25, 0.3) is 5.91 Å². The van der Waals surface area contributed by atoms with Crippen molar-refractivity contribution in [1.29, 1.82) is 0 Å². The van der Waals surface area contributed by atoms with Crippen LogP contribution < -0.4 is 10.2 Å². The van der Waals surface area contributed by atoms with Crippen LogP contribution in [0.5, 0.6) is 0 Å². The molecule has 0 aliphatic carbocycles. The van der Waals surface area contributed by atoms with Gasteiger partial charge in [-0.05, 0) is 36.4 Å². The molecule has 168 valence electrons. The molecule has 1 fully saturated rings. The fourth-order valence-electron chi connectivity index (χ4n) is 3.60. The van der Waals surface area contributed by atoms with Crippen LogP contribution in [0, 0.1) is 0 Å². The minimum absolute atomic E-state index is 0.132. The summed E-state index contributed by atoms with van der Waals surface area (Å²) in [5.41, 5.74) is 2.03. The van der Waals surface area contributed by atoms with Crippen LogP contribution in [0.3, 0.4) is 0 Å². The Labute approximate surface area is 196 Å². The number of hydrogen-bond acceptors (Lipinski definition) is 5. The van der Waals surface area contributed by atoms with Crippen molar-refractivity contribution in [3.05, 3.63) is 70.4 Å². The Balaban J connectivity index is 1.51. The molecule has 10 heteroatoms. The van der Waals surface area contributed by atoms with Gasteiger partial charge in [0.2, 0.25) is 10.0 Å². The van der Waals surface area contributed by atoms with Crippen molar-refractivity contribution in [2.24, 2.45) is 0 Å². The van der Waals surface area contributed by atoms with Crippen molar-refractivity contribution in [2.75, 3.05) is 42.7 Å². The van der Waals surface area contributed by atoms with Crippen LogP contribution in [0.25, 0.3) is 11.3 Å². The molecule has 32 heavy (non-hydrogen) atoms. The lowest BCUT2D eigenvalue weighted by Gasteiger charge is -2.35. The molecule has 1 amide bonds. The van der Waals surface area contributed by atoms with Gasteiger partial charge in [-0.3, -0.25) is 4.79 Å². The number of rotatable bonds is 5. The van der Waals surface area contributed by atoms with Crippen molar-refractivity contribution >= 4 is 50.5 Å². The van der Waals surface area contributed by atoms with E-state index in [9.17, 15) is 13.2 Å². The highest BCUT2D eigenvalue weighted by atomic mass is 35.5. The average molecular weight is 494 g/mol. The molecule has 1 aliphatic heterocycles. The number of halogens is 2. The van der Waals surface area contributed by atoms with E-state index in [0.29, 0.717) is 53.2 Å². The zero-order valence-corrected chi connectivity index (χ0v) is 19.5. The van der Waals surface area contributed by atoms with Gasteiger partial charge < -0.3 is 14.6 Å². The number of carbonyl (C=O) groups is 1. The summed E-state index contributed by atoms with van der Waals surface area (Å²) < 4.78 is 30.7. The number of benzene rings is 2. The minimum atomic E-state index is -3.22. The molecule has 2 heterocycles. The first kappa shape index (κ1) is 22.7. The lowest BCUT2D eigenvalue weighted by Crippen LogP contribution is -2.48. The summed E-state index contributed by atoms with van der Waals surface area (Å²) in [5, 5.41) is 3.65. The predicted molar refractivity (Wildman–Crippen MR) is 127 cm³/mol. The van der Waals surface area contributed by atoms with Crippen molar-refractivity contribution in [3.63, 3.8) is 0 Å². The smallest absolute Gasteiger partial charge is 0.291 e. The lowest BCUT2D eigenvalue weighted by molar-refractivity contribution is 0.0997. The third-order valence-electron chi connectivity index (χ3n) is 5.25. The minimum Gasteiger partial charge on any atom is -0.451 e. The molecule has 2 aromatic carbocycles. The molecule has 0 atom stereocenters. The molecular weight excluding hydrogens is 473 g/mol. The van der Waals surface area contributed by atoms with Gasteiger partial charge in [0.05, 0.1) is 27.7 Å². The Morgan fingerprint density at radius 2 is 1.69 bits per heavy atom. The molecule has 0 saturated carbocycles. The number of nitrogens with zero attached hydrogens (tertiary/aromatic N) is 2. The molecule has 4 rings (SSSR count). The Kier molecular flexibility index (Phi) is 6.48. The molecule has 0 radical (unpaired) electrons. The predicted octanol–water partition coefficient (Wildman–Crippen LogP) is 4.59. The highest BCUT2D eigenvalue weighted by molar-refractivity contribution is 7.88. The number of para-hydroxylation sites is 2. The SMILES string of the molecule is CS(=O)(=O)N1CCN(c2ccccc2NC(=O)c2ccc(-c3cccc(Cl)c3Cl)o2)CC1. The third kappa shape index (κ3) is 4.78. The zero-order valence-electron chi connectivity index (χ0n) is 17.2. The number of anilines is 2. The van der Waals surface area contributed by atoms with E-state index < -0.39 is 15.9 Å². The van der Waals surface area contributed by atoms with Gasteiger partial charge in [0.1, 0.15) is 5.76 Å². The molecular formula is C22H21Cl2N3O4S. The van der Waals surface area contributed by atoms with E-state index >= 15 is 0 Å². The standard InChI is InChI=1S/C22H21Cl2N3O4S/c1-32(29,30)27-13-11-26(12-14-27)18-8-3-2-7-17(18)25-22(28)20-10-9-19(31-20)15-5-4-6-16(23)21(15)24/h2-10H,11-14H2,1H3,(H,25,28). The zero-order chi connectivity index (χ0) is 22.9. The van der Waals surface area contributed by atoms with Gasteiger partial charge in [0.15, 0.2) is 5.76 Å². The Morgan fingerprint density at radius 3 is 2.41 bits per heavy atom. The Bertz CT molecular complexity index is 1250. The van der Waals surface area contributed by atoms with Crippen LogP contribution in [0.1, 0.15) is 10.6 Å². The highest BCUT2D eigenvalue weighted by Gasteiger charge is 2.25. The van der Waals surface area contributed by atoms with Crippen molar-refractivity contribution in [3.8, 4) is 11.3 Å². The van der Waals surface area contributed by atoms with Crippen molar-refractivity contribution in [2.45, 2.75) is 0 Å². The Hall–Kier alpha value is -2.52. The summed E-state index contributed by atoms with van der Waals surface area (Å²) in [6.07, 6.45) is 1.21. The van der Waals surface area contributed by atoms with E-state index in [4.69, 9.17) is 27.6 Å². The van der Waals surface area contributed by atoms with E-state index in [0.717, 1.165) is 5.69 Å². The maximum Gasteiger partial charge on any atom is 0.291 e. The first-order valence-electron chi connectivity index (χ1n) is 9.89. The summed E-state index contributed by atoms with van der Waals surface area (Å²) in [6, 6.07) is 15.8. The molecule has 1 aromatic heterocycles. The summed E-state index contributed by atoms with van der Waals surface area (Å²) in [7, 11) is -3.22. The average Bonchev–Trinajstić information content (AvgIpc) is 3.26. The second kappa shape index (κ2) is 9.15. The molecule has 0 unspecified atom stereocenters. The number of nitrogens with one attached hydrogen (secondary N) is 1. The van der Waals surface area contributed by atoms with Gasteiger partial charge in [-0.2, -0.15) is 4.31 Å². The van der Waals surface area contributed by atoms with Gasteiger partial charge in [0, 0.05) is 31.7 Å². The second-order valence-electron chi connectivity index (χ2n) is 7.39. The topological polar surface area (TPSA) is 82.9 Å². The summed E-state index contributed by atoms with van der Waals surface area (Å²) >= 11 is 12.3. The van der Waals surface area contributed by atoms with Gasteiger partial charge in [-0.25, -0.2) is 8.42 Å². The van der Waals surface area contributed by atoms with Gasteiger partial charge in [-0.1, -0.05) is 41.4 Å². The van der Waals surface area contributed by atoms with E-state index in [1.165, 1.54) is 10.6 Å². The van der Waals surface area contributed by atoms with Crippen LogP contribution in [-0.2, 0) is 10.0 Å². The van der Waals surface area contributed by atoms with Crippen LogP contribution in [0.2, 0.25) is 10.0 Å². The number of piperazine rings is 1. The first-order chi connectivity index (χ1) is 15.2. The van der Waals surface area contributed by atoms with E-state index in [1.54, 1.807) is 36.4 Å². The quantitative estimate of drug-likeness (QED) is 0.561. The largest absolute Gasteiger partial charge is 0.451 e. The molecule has 1 aliphatic rings. The molecule has 0 bridgehead atoms. The molecule has 7 nitrogen and oxygen atoms in total. The normalized spacial score (nSPS) is 15.0. The van der Waals surface area contributed by atoms with Crippen LogP contribution in [0.4, 0.5) is 11.4 Å². The lowest BCUT2D eigenvalue weighted by atomic mass is 10.2. The highest BCUT2D eigenvalue weighted by Crippen LogP contribution is 2.34. The number of furan rings is 1. The number of amides is 1. The van der Waals surface area contributed by atoms with Crippen molar-refractivity contribution < 1.29 is 17.6 Å². The summed E-state index contributed by atoms with van der Waals surface area (Å²) in [4.78, 5) is 14.9. The number of sulfonamides is 1. The molecule has 1 saturated heterocycles. The van der Waals surface area contributed by atoms with E-state index in [-0.39, 0.29) is 5.76 Å². The molecule has 1 N–H and O–H groups in total. The maximum atomic E-state index is 12.9. The molecule has 3 aromatic rings. The van der Waals surface area contributed by atoms with Crippen LogP contribution >= 0.6 is 23.2 Å². The third-order valence-corrected chi connectivity index (χ3v) is 7.37. The molecule has 0 spiro atoms. The van der Waals surface area contributed by atoms with E-state index in [2.05, 4.69) is 10.2 Å². The van der Waals surface area contributed by atoms with Crippen molar-refractivity contribution in [1.82, 2.24) is 4.31 Å². The van der Waals surface area contributed by atoms with Crippen LogP contribution in [0.15, 0.2) is 59.0 Å². The fraction of sp³-hybridized carbons (Fsp3) is 0.227. The monoisotopic (exact) mass is 493 g/mol. The summed E-state index contributed by atoms with van der Waals surface area (Å²) in [6.45, 7) is 1.84. The number of hydrogen-bond donors (Lipinski definition) is 1. The first-order valence-corrected chi connectivity index (χ1v) is 12.5. The Morgan fingerprint density at radius 1 is 0.969 bits per heavy atom. The second-order valence-corrected chi connectivity index (χ2v) is 10.2. The fourth-order valence-corrected chi connectivity index (χ4v) is 4.82.